The maximum absolute atomic E-state index is 10.6. The largest absolute Gasteiger partial charge is 0.384 e. The van der Waals surface area contributed by atoms with Crippen LogP contribution in [0.3, 0.4) is 0 Å². The van der Waals surface area contributed by atoms with E-state index in [1.54, 1.807) is 11.3 Å². The molecule has 0 amide bonds. The van der Waals surface area contributed by atoms with Crippen LogP contribution in [-0.4, -0.2) is 11.7 Å². The molecular weight excluding hydrogens is 206 g/mol. The van der Waals surface area contributed by atoms with Crippen molar-refractivity contribution in [1.82, 2.24) is 0 Å². The van der Waals surface area contributed by atoms with Crippen LogP contribution >= 0.6 is 11.3 Å². The maximum Gasteiger partial charge on any atom is 0.100 e. The summed E-state index contributed by atoms with van der Waals surface area (Å²) in [6.45, 7) is 2.73. The Morgan fingerprint density at radius 2 is 2.40 bits per heavy atom. The minimum Gasteiger partial charge on any atom is -0.384 e. The summed E-state index contributed by atoms with van der Waals surface area (Å²) in [5, 5.41) is 10.6. The van der Waals surface area contributed by atoms with Gasteiger partial charge in [-0.25, -0.2) is 0 Å². The summed E-state index contributed by atoms with van der Waals surface area (Å²) >= 11 is 1.78. The van der Waals surface area contributed by atoms with Gasteiger partial charge in [0.2, 0.25) is 0 Å². The molecule has 0 aromatic carbocycles. The lowest BCUT2D eigenvalue weighted by atomic mass is 9.83. The van der Waals surface area contributed by atoms with Gasteiger partial charge in [0.15, 0.2) is 0 Å². The van der Waals surface area contributed by atoms with E-state index in [9.17, 15) is 5.11 Å². The number of hydrogen-bond donors (Lipinski definition) is 2. The van der Waals surface area contributed by atoms with E-state index in [-0.39, 0.29) is 0 Å². The van der Waals surface area contributed by atoms with Gasteiger partial charge in [-0.1, -0.05) is 6.92 Å². The highest BCUT2D eigenvalue weighted by molar-refractivity contribution is 7.12. The number of rotatable bonds is 3. The number of fused-ring (bicyclic) bond motifs is 1. The number of aryl methyl sites for hydroxylation is 2. The predicted octanol–water partition coefficient (Wildman–Crippen LogP) is 2.18. The van der Waals surface area contributed by atoms with Crippen LogP contribution < -0.4 is 5.73 Å². The summed E-state index contributed by atoms with van der Waals surface area (Å²) in [4.78, 5) is 2.58. The molecule has 0 spiro atoms. The molecule has 3 heteroatoms. The van der Waals surface area contributed by atoms with Crippen LogP contribution in [0.25, 0.3) is 0 Å². The van der Waals surface area contributed by atoms with Gasteiger partial charge in [-0.05, 0) is 50.3 Å². The molecule has 0 saturated heterocycles. The van der Waals surface area contributed by atoms with Crippen LogP contribution in [0.2, 0.25) is 0 Å². The zero-order valence-corrected chi connectivity index (χ0v) is 10.1. The second-order valence-electron chi connectivity index (χ2n) is 4.34. The third-order valence-electron chi connectivity index (χ3n) is 3.23. The topological polar surface area (TPSA) is 46.2 Å². The van der Waals surface area contributed by atoms with Crippen LogP contribution in [0.4, 0.5) is 0 Å². The van der Waals surface area contributed by atoms with E-state index in [0.29, 0.717) is 13.0 Å². The standard InChI is InChI=1S/C12H19NOS/c1-2-10-8-9-4-3-5-12(14,6-7-13)11(9)15-10/h8,14H,2-7,13H2,1H3. The Morgan fingerprint density at radius 3 is 3.07 bits per heavy atom. The molecule has 2 nitrogen and oxygen atoms in total. The molecule has 3 N–H and O–H groups in total. The molecule has 0 saturated carbocycles. The van der Waals surface area contributed by atoms with Crippen molar-refractivity contribution in [3.05, 3.63) is 21.4 Å². The van der Waals surface area contributed by atoms with Crippen molar-refractivity contribution >= 4 is 11.3 Å². The van der Waals surface area contributed by atoms with Gasteiger partial charge in [-0.15, -0.1) is 11.3 Å². The summed E-state index contributed by atoms with van der Waals surface area (Å²) < 4.78 is 0. The summed E-state index contributed by atoms with van der Waals surface area (Å²) in [5.41, 5.74) is 6.32. The first-order valence-corrected chi connectivity index (χ1v) is 6.56. The molecule has 1 heterocycles. The number of thiophene rings is 1. The second kappa shape index (κ2) is 4.24. The molecule has 0 bridgehead atoms. The van der Waals surface area contributed by atoms with Crippen molar-refractivity contribution in [3.8, 4) is 0 Å². The van der Waals surface area contributed by atoms with E-state index in [1.807, 2.05) is 0 Å². The Hall–Kier alpha value is -0.380. The van der Waals surface area contributed by atoms with Crippen molar-refractivity contribution in [2.75, 3.05) is 6.54 Å². The van der Waals surface area contributed by atoms with Gasteiger partial charge in [0, 0.05) is 9.75 Å². The van der Waals surface area contributed by atoms with E-state index in [2.05, 4.69) is 13.0 Å². The van der Waals surface area contributed by atoms with Gasteiger partial charge in [-0.3, -0.25) is 0 Å². The molecule has 2 rings (SSSR count). The molecular formula is C12H19NOS. The maximum atomic E-state index is 10.6. The average molecular weight is 225 g/mol. The van der Waals surface area contributed by atoms with Crippen LogP contribution in [0.5, 0.6) is 0 Å². The smallest absolute Gasteiger partial charge is 0.100 e. The summed E-state index contributed by atoms with van der Waals surface area (Å²) in [7, 11) is 0. The third-order valence-corrected chi connectivity index (χ3v) is 4.74. The van der Waals surface area contributed by atoms with Crippen molar-refractivity contribution in [1.29, 1.82) is 0 Å². The molecule has 0 fully saturated rings. The number of aliphatic hydroxyl groups is 1. The number of nitrogens with two attached hydrogens (primary N) is 1. The average Bonchev–Trinajstić information content (AvgIpc) is 2.63. The van der Waals surface area contributed by atoms with Crippen LogP contribution in [0, 0.1) is 0 Å². The quantitative estimate of drug-likeness (QED) is 0.828. The zero-order valence-electron chi connectivity index (χ0n) is 9.25. The Balaban J connectivity index is 2.36. The highest BCUT2D eigenvalue weighted by atomic mass is 32.1. The molecule has 1 unspecified atom stereocenters. The predicted molar refractivity (Wildman–Crippen MR) is 64.2 cm³/mol. The third kappa shape index (κ3) is 1.96. The fraction of sp³-hybridized carbons (Fsp3) is 0.667. The Morgan fingerprint density at radius 1 is 1.60 bits per heavy atom. The zero-order chi connectivity index (χ0) is 10.9. The van der Waals surface area contributed by atoms with Crippen LogP contribution in [0.1, 0.15) is 41.5 Å². The van der Waals surface area contributed by atoms with E-state index < -0.39 is 5.60 Å². The highest BCUT2D eigenvalue weighted by Gasteiger charge is 2.35. The molecule has 84 valence electrons. The van der Waals surface area contributed by atoms with Crippen molar-refractivity contribution in [2.45, 2.75) is 44.6 Å². The highest BCUT2D eigenvalue weighted by Crippen LogP contribution is 2.42. The Labute approximate surface area is 95.1 Å². The summed E-state index contributed by atoms with van der Waals surface area (Å²) in [6.07, 6.45) is 4.85. The van der Waals surface area contributed by atoms with E-state index in [1.165, 1.54) is 15.3 Å². The van der Waals surface area contributed by atoms with Gasteiger partial charge in [0.25, 0.3) is 0 Å². The molecule has 0 radical (unpaired) electrons. The first kappa shape index (κ1) is 11.1. The molecule has 1 atom stereocenters. The molecule has 1 aromatic rings. The molecule has 1 aliphatic rings. The van der Waals surface area contributed by atoms with Gasteiger partial charge < -0.3 is 10.8 Å². The fourth-order valence-electron chi connectivity index (χ4n) is 2.40. The van der Waals surface area contributed by atoms with Crippen LogP contribution in [0.15, 0.2) is 6.07 Å². The van der Waals surface area contributed by atoms with Gasteiger partial charge in [0.1, 0.15) is 5.60 Å². The van der Waals surface area contributed by atoms with E-state index >= 15 is 0 Å². The van der Waals surface area contributed by atoms with E-state index in [0.717, 1.165) is 25.7 Å². The number of hydrogen-bond acceptors (Lipinski definition) is 3. The second-order valence-corrected chi connectivity index (χ2v) is 5.48. The van der Waals surface area contributed by atoms with E-state index in [4.69, 9.17) is 5.73 Å². The SMILES string of the molecule is CCc1cc2c(s1)C(O)(CCN)CCC2. The normalized spacial score (nSPS) is 25.3. The Kier molecular flexibility index (Phi) is 3.14. The molecule has 1 aromatic heterocycles. The van der Waals surface area contributed by atoms with Crippen molar-refractivity contribution in [3.63, 3.8) is 0 Å². The fourth-order valence-corrected chi connectivity index (χ4v) is 3.70. The summed E-state index contributed by atoms with van der Waals surface area (Å²) in [5.74, 6) is 0. The summed E-state index contributed by atoms with van der Waals surface area (Å²) in [6, 6.07) is 2.26. The molecule has 0 aliphatic heterocycles. The first-order valence-electron chi connectivity index (χ1n) is 5.74. The van der Waals surface area contributed by atoms with Crippen molar-refractivity contribution in [2.24, 2.45) is 5.73 Å². The van der Waals surface area contributed by atoms with Gasteiger partial charge in [0.05, 0.1) is 0 Å². The van der Waals surface area contributed by atoms with Gasteiger partial charge >= 0.3 is 0 Å². The van der Waals surface area contributed by atoms with Crippen LogP contribution in [-0.2, 0) is 18.4 Å². The first-order chi connectivity index (χ1) is 7.19. The van der Waals surface area contributed by atoms with Crippen molar-refractivity contribution < 1.29 is 5.11 Å². The minimum atomic E-state index is -0.625. The Bertz CT molecular complexity index is 347. The molecule has 1 aliphatic carbocycles. The lowest BCUT2D eigenvalue weighted by molar-refractivity contribution is 0.0165. The van der Waals surface area contributed by atoms with Gasteiger partial charge in [-0.2, -0.15) is 0 Å². The minimum absolute atomic E-state index is 0.565. The lowest BCUT2D eigenvalue weighted by Crippen LogP contribution is -2.31. The molecule has 15 heavy (non-hydrogen) atoms. The monoisotopic (exact) mass is 225 g/mol. The lowest BCUT2D eigenvalue weighted by Gasteiger charge is -2.31.